The Morgan fingerprint density at radius 3 is 2.40 bits per heavy atom. The van der Waals surface area contributed by atoms with Gasteiger partial charge in [0.25, 0.3) is 11.8 Å². The van der Waals surface area contributed by atoms with Crippen LogP contribution in [0.25, 0.3) is 0 Å². The van der Waals surface area contributed by atoms with Gasteiger partial charge in [0.15, 0.2) is 5.60 Å². The lowest BCUT2D eigenvalue weighted by Crippen LogP contribution is -2.45. The van der Waals surface area contributed by atoms with Crippen LogP contribution in [0.3, 0.4) is 0 Å². The largest absolute Gasteiger partial charge is 0.497 e. The molecule has 2 N–H and O–H groups in total. The first-order chi connectivity index (χ1) is 20.0. The van der Waals surface area contributed by atoms with Crippen LogP contribution in [-0.4, -0.2) is 52.3 Å². The Labute approximate surface area is 246 Å². The number of hydrogen-bond donors (Lipinski definition) is 2. The number of carbonyl (C=O) groups is 2. The molecule has 5 rings (SSSR count). The third-order valence-electron chi connectivity index (χ3n) is 8.46. The molecule has 3 aromatic carbocycles. The Hall–Kier alpha value is -3.73. The number of amides is 2. The van der Waals surface area contributed by atoms with E-state index in [-0.39, 0.29) is 31.4 Å². The van der Waals surface area contributed by atoms with Crippen molar-refractivity contribution in [3.8, 4) is 11.5 Å². The van der Waals surface area contributed by atoms with Crippen LogP contribution in [0.15, 0.2) is 66.7 Å². The van der Waals surface area contributed by atoms with E-state index in [9.17, 15) is 14.7 Å². The molecule has 0 aromatic heterocycles. The zero-order valence-electron chi connectivity index (χ0n) is 24.5. The zero-order valence-corrected chi connectivity index (χ0v) is 25.5. The van der Waals surface area contributed by atoms with Gasteiger partial charge in [-0.05, 0) is 79.7 Å². The monoisotopic (exact) mass is 592 g/mol. The third kappa shape index (κ3) is 5.19. The number of hydrogen-bond acceptors (Lipinski definition) is 6. The summed E-state index contributed by atoms with van der Waals surface area (Å²) in [5.74, 6) is 0.233. The zero-order chi connectivity index (χ0) is 30.2. The van der Waals surface area contributed by atoms with Crippen molar-refractivity contribution in [2.24, 2.45) is 5.92 Å². The maximum absolute atomic E-state index is 15.7. The summed E-state index contributed by atoms with van der Waals surface area (Å²) in [6, 6.07) is 19.6. The SMILES string of the molecule is COc1ccc(C(=O)Nc2cccc(CN3C(=O)[C@@]4(O[C@@H](CCO)[C@H]([Si](C)(C)F)[C@H]4C)c4cc(OC)ccc43)c2)cc1. The van der Waals surface area contributed by atoms with Gasteiger partial charge >= 0.3 is 0 Å². The quantitative estimate of drug-likeness (QED) is 0.246. The van der Waals surface area contributed by atoms with E-state index in [0.717, 1.165) is 5.56 Å². The molecule has 1 saturated heterocycles. The number of carbonyl (C=O) groups excluding carboxylic acids is 2. The van der Waals surface area contributed by atoms with Crippen molar-refractivity contribution in [2.45, 2.75) is 50.2 Å². The minimum atomic E-state index is -3.29. The van der Waals surface area contributed by atoms with Crippen LogP contribution in [-0.2, 0) is 21.7 Å². The van der Waals surface area contributed by atoms with Crippen LogP contribution >= 0.6 is 0 Å². The van der Waals surface area contributed by atoms with E-state index >= 15 is 4.11 Å². The smallest absolute Gasteiger partial charge is 0.264 e. The summed E-state index contributed by atoms with van der Waals surface area (Å²) in [7, 11) is -0.167. The van der Waals surface area contributed by atoms with Crippen molar-refractivity contribution in [1.29, 1.82) is 0 Å². The van der Waals surface area contributed by atoms with Gasteiger partial charge in [-0.2, -0.15) is 0 Å². The average molecular weight is 593 g/mol. The normalized spacial score (nSPS) is 23.3. The number of benzene rings is 3. The second-order valence-corrected chi connectivity index (χ2v) is 15.2. The predicted octanol–water partition coefficient (Wildman–Crippen LogP) is 5.66. The molecule has 0 radical (unpaired) electrons. The molecule has 2 heterocycles. The number of nitrogens with one attached hydrogen (secondary N) is 1. The summed E-state index contributed by atoms with van der Waals surface area (Å²) in [6.07, 6.45) is -0.337. The van der Waals surface area contributed by atoms with Crippen LogP contribution in [0.5, 0.6) is 11.5 Å². The van der Waals surface area contributed by atoms with E-state index < -0.39 is 31.6 Å². The van der Waals surface area contributed by atoms with E-state index in [1.807, 2.05) is 31.2 Å². The summed E-state index contributed by atoms with van der Waals surface area (Å²) < 4.78 is 33.0. The second kappa shape index (κ2) is 11.5. The standard InChI is InChI=1S/C32H37FN2O6Si/c1-20-29(42(4,5)33)28(15-16-36)41-32(20)26-18-25(40-3)13-14-27(26)35(31(32)38)19-21-7-6-8-23(17-21)34-30(37)22-9-11-24(39-2)12-10-22/h6-14,17-18,20,28-29,36H,15-16,19H2,1-5H3,(H,34,37)/t20-,28+,29-,32+/m1/s1. The first-order valence-electron chi connectivity index (χ1n) is 14.1. The van der Waals surface area contributed by atoms with Gasteiger partial charge in [0, 0.05) is 34.9 Å². The van der Waals surface area contributed by atoms with E-state index in [2.05, 4.69) is 5.32 Å². The predicted molar refractivity (Wildman–Crippen MR) is 161 cm³/mol. The minimum Gasteiger partial charge on any atom is -0.497 e. The van der Waals surface area contributed by atoms with Crippen molar-refractivity contribution >= 4 is 31.6 Å². The van der Waals surface area contributed by atoms with Crippen molar-refractivity contribution in [2.75, 3.05) is 31.0 Å². The highest BCUT2D eigenvalue weighted by atomic mass is 28.4. The van der Waals surface area contributed by atoms with Gasteiger partial charge in [0.2, 0.25) is 8.41 Å². The molecule has 8 nitrogen and oxygen atoms in total. The maximum atomic E-state index is 15.7. The Kier molecular flexibility index (Phi) is 8.15. The fraction of sp³-hybridized carbons (Fsp3) is 0.375. The fourth-order valence-corrected chi connectivity index (χ4v) is 9.13. The summed E-state index contributed by atoms with van der Waals surface area (Å²) in [4.78, 5) is 29.0. The van der Waals surface area contributed by atoms with Gasteiger partial charge in [0.05, 0.1) is 32.6 Å². The Bertz CT molecular complexity index is 1480. The lowest BCUT2D eigenvalue weighted by Gasteiger charge is -2.31. The molecule has 222 valence electrons. The Morgan fingerprint density at radius 2 is 1.76 bits per heavy atom. The van der Waals surface area contributed by atoms with Crippen LogP contribution in [0.2, 0.25) is 18.6 Å². The Morgan fingerprint density at radius 1 is 1.07 bits per heavy atom. The number of fused-ring (bicyclic) bond motifs is 2. The summed E-state index contributed by atoms with van der Waals surface area (Å²) >= 11 is 0. The van der Waals surface area contributed by atoms with Crippen molar-refractivity contribution < 1.29 is 33.0 Å². The molecule has 0 unspecified atom stereocenters. The molecule has 2 aliphatic rings. The number of anilines is 2. The van der Waals surface area contributed by atoms with Gasteiger partial charge < -0.3 is 33.6 Å². The molecule has 2 amide bonds. The van der Waals surface area contributed by atoms with Crippen LogP contribution < -0.4 is 19.7 Å². The number of nitrogens with zero attached hydrogens (tertiary/aromatic N) is 1. The van der Waals surface area contributed by atoms with Crippen molar-refractivity contribution in [1.82, 2.24) is 0 Å². The van der Waals surface area contributed by atoms with Crippen LogP contribution in [0, 0.1) is 5.92 Å². The average Bonchev–Trinajstić information content (AvgIpc) is 3.39. The maximum Gasteiger partial charge on any atom is 0.264 e. The molecule has 1 fully saturated rings. The van der Waals surface area contributed by atoms with E-state index in [4.69, 9.17) is 14.2 Å². The second-order valence-electron chi connectivity index (χ2n) is 11.4. The number of aliphatic hydroxyl groups excluding tert-OH is 1. The van der Waals surface area contributed by atoms with E-state index in [1.165, 1.54) is 0 Å². The number of aliphatic hydroxyl groups is 1. The molecule has 42 heavy (non-hydrogen) atoms. The molecular formula is C32H37FN2O6Si. The lowest BCUT2D eigenvalue weighted by atomic mass is 9.82. The molecule has 0 aliphatic carbocycles. The number of ether oxygens (including phenoxy) is 3. The van der Waals surface area contributed by atoms with Crippen LogP contribution in [0.1, 0.15) is 34.8 Å². The number of rotatable bonds is 9. The van der Waals surface area contributed by atoms with Gasteiger partial charge in [-0.15, -0.1) is 0 Å². The topological polar surface area (TPSA) is 97.3 Å². The molecular weight excluding hydrogens is 555 g/mol. The molecule has 0 saturated carbocycles. The highest BCUT2D eigenvalue weighted by Crippen LogP contribution is 2.60. The van der Waals surface area contributed by atoms with Crippen molar-refractivity contribution in [3.63, 3.8) is 0 Å². The molecule has 4 atom stereocenters. The van der Waals surface area contributed by atoms with E-state index in [0.29, 0.717) is 34.0 Å². The Balaban J connectivity index is 1.47. The summed E-state index contributed by atoms with van der Waals surface area (Å²) in [5, 5.41) is 12.7. The third-order valence-corrected chi connectivity index (χ3v) is 10.9. The van der Waals surface area contributed by atoms with E-state index in [1.54, 1.807) is 74.7 Å². The van der Waals surface area contributed by atoms with Gasteiger partial charge in [0.1, 0.15) is 11.5 Å². The summed E-state index contributed by atoms with van der Waals surface area (Å²) in [5.41, 5.74) is 1.30. The lowest BCUT2D eigenvalue weighted by molar-refractivity contribution is -0.146. The van der Waals surface area contributed by atoms with Gasteiger partial charge in [-0.3, -0.25) is 9.59 Å². The molecule has 3 aromatic rings. The minimum absolute atomic E-state index is 0.160. The summed E-state index contributed by atoms with van der Waals surface area (Å²) in [6.45, 7) is 5.21. The van der Waals surface area contributed by atoms with Crippen molar-refractivity contribution in [3.05, 3.63) is 83.4 Å². The number of methoxy groups -OCH3 is 2. The molecule has 0 bridgehead atoms. The first-order valence-corrected chi connectivity index (χ1v) is 17.0. The molecule has 2 aliphatic heterocycles. The fourth-order valence-electron chi connectivity index (χ4n) is 6.58. The van der Waals surface area contributed by atoms with Gasteiger partial charge in [-0.25, -0.2) is 0 Å². The number of halogens is 1. The highest BCUT2D eigenvalue weighted by molar-refractivity contribution is 6.72. The molecule has 1 spiro atoms. The van der Waals surface area contributed by atoms with Crippen LogP contribution in [0.4, 0.5) is 15.5 Å². The van der Waals surface area contributed by atoms with Gasteiger partial charge in [-0.1, -0.05) is 19.1 Å². The highest BCUT2D eigenvalue weighted by Gasteiger charge is 2.66. The first kappa shape index (κ1) is 29.7. The molecule has 10 heteroatoms.